The molecule has 0 radical (unpaired) electrons. The van der Waals surface area contributed by atoms with E-state index in [1.54, 1.807) is 18.2 Å². The summed E-state index contributed by atoms with van der Waals surface area (Å²) in [6, 6.07) is 9.05. The first-order valence-electron chi connectivity index (χ1n) is 11.8. The van der Waals surface area contributed by atoms with Crippen LogP contribution in [0.25, 0.3) is 6.08 Å². The molecule has 12 nitrogen and oxygen atoms in total. The van der Waals surface area contributed by atoms with Crippen molar-refractivity contribution in [2.45, 2.75) is 20.8 Å². The fourth-order valence-corrected chi connectivity index (χ4v) is 2.43. The maximum atomic E-state index is 12.9. The second kappa shape index (κ2) is 17.0. The lowest BCUT2D eigenvalue weighted by molar-refractivity contribution is -0.154. The molecule has 0 spiro atoms. The van der Waals surface area contributed by atoms with E-state index < -0.39 is 48.7 Å². The molecule has 212 valence electrons. The van der Waals surface area contributed by atoms with E-state index in [2.05, 4.69) is 23.8 Å². The monoisotopic (exact) mass is 546 g/mol. The van der Waals surface area contributed by atoms with Crippen LogP contribution in [-0.4, -0.2) is 69.6 Å². The highest BCUT2D eigenvalue weighted by molar-refractivity contribution is 5.87. The van der Waals surface area contributed by atoms with E-state index in [0.29, 0.717) is 0 Å². The Hall–Kier alpha value is -4.61. The summed E-state index contributed by atoms with van der Waals surface area (Å²) in [6.45, 7) is 9.90. The molecule has 0 aliphatic carbocycles. The lowest BCUT2D eigenvalue weighted by Gasteiger charge is -2.25. The summed E-state index contributed by atoms with van der Waals surface area (Å²) in [5, 5.41) is 4.73. The van der Waals surface area contributed by atoms with Crippen LogP contribution >= 0.6 is 0 Å². The van der Waals surface area contributed by atoms with Crippen LogP contribution in [0.5, 0.6) is 0 Å². The number of nitrogens with one attached hydrogen (secondary N) is 2. The maximum Gasteiger partial charge on any atom is 0.407 e. The van der Waals surface area contributed by atoms with Crippen LogP contribution in [0, 0.1) is 5.41 Å². The highest BCUT2D eigenvalue weighted by atomic mass is 16.6. The third-order valence-electron chi connectivity index (χ3n) is 4.68. The summed E-state index contributed by atoms with van der Waals surface area (Å²) < 4.78 is 25.2. The molecule has 0 saturated heterocycles. The van der Waals surface area contributed by atoms with Gasteiger partial charge in [0.05, 0.1) is 19.4 Å². The Balaban J connectivity index is 2.67. The van der Waals surface area contributed by atoms with Gasteiger partial charge in [-0.05, 0) is 32.4 Å². The van der Waals surface area contributed by atoms with E-state index in [-0.39, 0.29) is 37.4 Å². The first kappa shape index (κ1) is 32.4. The summed E-state index contributed by atoms with van der Waals surface area (Å²) >= 11 is 0. The van der Waals surface area contributed by atoms with Crippen molar-refractivity contribution in [1.82, 2.24) is 10.6 Å². The number of esters is 3. The first-order valence-corrected chi connectivity index (χ1v) is 11.8. The molecule has 0 aliphatic heterocycles. The van der Waals surface area contributed by atoms with Gasteiger partial charge in [-0.15, -0.1) is 0 Å². The summed E-state index contributed by atoms with van der Waals surface area (Å²) in [5.41, 5.74) is -0.387. The molecule has 12 heteroatoms. The topological polar surface area (TPSA) is 156 Å². The number of carbonyl (C=O) groups is 5. The fraction of sp³-hybridized carbons (Fsp3) is 0.370. The number of carbonyl (C=O) groups excluding carboxylic acids is 5. The number of alkyl carbamates (subject to hydrolysis) is 2. The van der Waals surface area contributed by atoms with Crippen molar-refractivity contribution in [2.24, 2.45) is 5.41 Å². The molecule has 1 aromatic carbocycles. The molecular formula is C27H34N2O10. The minimum absolute atomic E-state index is 0.0479. The van der Waals surface area contributed by atoms with Gasteiger partial charge in [0.1, 0.15) is 31.8 Å². The van der Waals surface area contributed by atoms with E-state index in [0.717, 1.165) is 5.56 Å². The van der Waals surface area contributed by atoms with Crippen LogP contribution in [0.4, 0.5) is 9.59 Å². The lowest BCUT2D eigenvalue weighted by atomic mass is 9.93. The Morgan fingerprint density at radius 2 is 1.26 bits per heavy atom. The zero-order valence-corrected chi connectivity index (χ0v) is 22.3. The van der Waals surface area contributed by atoms with Crippen molar-refractivity contribution in [2.75, 3.05) is 39.5 Å². The van der Waals surface area contributed by atoms with Crippen LogP contribution in [0.3, 0.4) is 0 Å². The number of hydrogen-bond donors (Lipinski definition) is 2. The van der Waals surface area contributed by atoms with Crippen LogP contribution in [-0.2, 0) is 38.1 Å². The van der Waals surface area contributed by atoms with Crippen LogP contribution < -0.4 is 10.6 Å². The van der Waals surface area contributed by atoms with Crippen LogP contribution in [0.15, 0.2) is 60.9 Å². The predicted molar refractivity (Wildman–Crippen MR) is 140 cm³/mol. The van der Waals surface area contributed by atoms with Crippen molar-refractivity contribution in [3.05, 3.63) is 66.5 Å². The van der Waals surface area contributed by atoms with Gasteiger partial charge in [0.15, 0.2) is 0 Å². The lowest BCUT2D eigenvalue weighted by Crippen LogP contribution is -2.42. The standard InChI is InChI=1S/C27H34N2O10/c1-19(2)22(30)35-15-12-28-25(33)38-17-27(5,24(32)37-14-11-21-9-7-6-8-10-21)18-39-26(34)29-13-16-36-23(31)20(3)4/h6-11,14H,1,3,12-13,15-18H2,2,4-5H3,(H,28,33)(H,29,34)/b14-11+. The minimum Gasteiger partial charge on any atom is -0.460 e. The molecule has 0 heterocycles. The second-order valence-corrected chi connectivity index (χ2v) is 8.52. The number of hydrogen-bond acceptors (Lipinski definition) is 10. The molecule has 1 rings (SSSR count). The molecular weight excluding hydrogens is 512 g/mol. The van der Waals surface area contributed by atoms with E-state index in [9.17, 15) is 24.0 Å². The molecule has 0 unspecified atom stereocenters. The van der Waals surface area contributed by atoms with E-state index in [4.69, 9.17) is 23.7 Å². The molecule has 1 aromatic rings. The summed E-state index contributed by atoms with van der Waals surface area (Å²) in [7, 11) is 0. The zero-order valence-electron chi connectivity index (χ0n) is 22.3. The highest BCUT2D eigenvalue weighted by Gasteiger charge is 2.38. The summed E-state index contributed by atoms with van der Waals surface area (Å²) in [6.07, 6.45) is 0.924. The first-order chi connectivity index (χ1) is 18.4. The van der Waals surface area contributed by atoms with Gasteiger partial charge < -0.3 is 34.3 Å². The number of benzene rings is 1. The number of amides is 2. The maximum absolute atomic E-state index is 12.9. The Morgan fingerprint density at radius 3 is 1.69 bits per heavy atom. The van der Waals surface area contributed by atoms with Crippen LogP contribution in [0.1, 0.15) is 26.3 Å². The molecule has 2 amide bonds. The molecule has 2 N–H and O–H groups in total. The van der Waals surface area contributed by atoms with Crippen molar-refractivity contribution in [1.29, 1.82) is 0 Å². The highest BCUT2D eigenvalue weighted by Crippen LogP contribution is 2.21. The molecule has 0 fully saturated rings. The molecule has 0 saturated carbocycles. The van der Waals surface area contributed by atoms with Gasteiger partial charge in [0, 0.05) is 11.1 Å². The zero-order chi connectivity index (χ0) is 29.3. The van der Waals surface area contributed by atoms with Gasteiger partial charge in [-0.25, -0.2) is 19.2 Å². The third kappa shape index (κ3) is 13.5. The van der Waals surface area contributed by atoms with E-state index >= 15 is 0 Å². The summed E-state index contributed by atoms with van der Waals surface area (Å²) in [5.74, 6) is -2.04. The van der Waals surface area contributed by atoms with Crippen molar-refractivity contribution in [3.63, 3.8) is 0 Å². The Morgan fingerprint density at radius 1 is 0.795 bits per heavy atom. The predicted octanol–water partition coefficient (Wildman–Crippen LogP) is 2.90. The summed E-state index contributed by atoms with van der Waals surface area (Å²) in [4.78, 5) is 59.7. The average Bonchev–Trinajstić information content (AvgIpc) is 2.91. The minimum atomic E-state index is -1.59. The fourth-order valence-electron chi connectivity index (χ4n) is 2.43. The Labute approximate surface area is 227 Å². The molecule has 0 aliphatic rings. The SMILES string of the molecule is C=C(C)C(=O)OCCNC(=O)OCC(C)(COC(=O)NCCOC(=O)C(=C)C)C(=O)O/C=C/c1ccccc1. The van der Waals surface area contributed by atoms with Crippen LogP contribution in [0.2, 0.25) is 0 Å². The molecule has 0 bridgehead atoms. The van der Waals surface area contributed by atoms with Gasteiger partial charge in [-0.1, -0.05) is 43.5 Å². The van der Waals surface area contributed by atoms with Gasteiger partial charge in [0.25, 0.3) is 0 Å². The van der Waals surface area contributed by atoms with Gasteiger partial charge in [-0.2, -0.15) is 0 Å². The van der Waals surface area contributed by atoms with Crippen molar-refractivity contribution in [3.8, 4) is 0 Å². The Kier molecular flexibility index (Phi) is 14.1. The molecule has 0 atom stereocenters. The third-order valence-corrected chi connectivity index (χ3v) is 4.68. The van der Waals surface area contributed by atoms with E-state index in [1.807, 2.05) is 18.2 Å². The quantitative estimate of drug-likeness (QED) is 0.110. The largest absolute Gasteiger partial charge is 0.460 e. The molecule has 39 heavy (non-hydrogen) atoms. The average molecular weight is 547 g/mol. The second-order valence-electron chi connectivity index (χ2n) is 8.52. The van der Waals surface area contributed by atoms with Crippen molar-refractivity contribution >= 4 is 36.2 Å². The van der Waals surface area contributed by atoms with Gasteiger partial charge in [0.2, 0.25) is 0 Å². The number of ether oxygens (including phenoxy) is 5. The van der Waals surface area contributed by atoms with Crippen molar-refractivity contribution < 1.29 is 47.7 Å². The van der Waals surface area contributed by atoms with E-state index in [1.165, 1.54) is 27.0 Å². The number of rotatable bonds is 15. The molecule has 0 aromatic heterocycles. The van der Waals surface area contributed by atoms with Gasteiger partial charge in [-0.3, -0.25) is 4.79 Å². The Bertz CT molecular complexity index is 1020. The smallest absolute Gasteiger partial charge is 0.407 e. The normalized spacial score (nSPS) is 10.6. The van der Waals surface area contributed by atoms with Gasteiger partial charge >= 0.3 is 30.1 Å².